The van der Waals surface area contributed by atoms with Gasteiger partial charge in [0.1, 0.15) is 0 Å². The third-order valence-electron chi connectivity index (χ3n) is 2.70. The maximum absolute atomic E-state index is 11.6. The van der Waals surface area contributed by atoms with Crippen LogP contribution in [0.1, 0.15) is 32.1 Å². The first kappa shape index (κ1) is 12.8. The summed E-state index contributed by atoms with van der Waals surface area (Å²) in [6.45, 7) is 0. The molecule has 1 rings (SSSR count). The van der Waals surface area contributed by atoms with Gasteiger partial charge in [0, 0.05) is 32.3 Å². The van der Waals surface area contributed by atoms with Crippen molar-refractivity contribution < 1.29 is 13.6 Å². The Bertz CT molecular complexity index is 241. The molecular formula is C10H20NO3P. The molecule has 15 heavy (non-hydrogen) atoms. The van der Waals surface area contributed by atoms with E-state index in [0.717, 1.165) is 0 Å². The third kappa shape index (κ3) is 4.37. The molecule has 1 saturated carbocycles. The molecule has 0 aliphatic heterocycles. The average Bonchev–Trinajstić information content (AvgIpc) is 2.30. The maximum Gasteiger partial charge on any atom is 0.355 e. The number of rotatable bonds is 5. The molecule has 0 heterocycles. The third-order valence-corrected chi connectivity index (χ3v) is 4.24. The molecule has 0 saturated heterocycles. The highest BCUT2D eigenvalue weighted by Gasteiger charge is 2.16. The van der Waals surface area contributed by atoms with Crippen molar-refractivity contribution in [2.75, 3.05) is 14.2 Å². The normalized spacial score (nSPS) is 19.6. The Morgan fingerprint density at radius 2 is 1.80 bits per heavy atom. The van der Waals surface area contributed by atoms with Gasteiger partial charge in [-0.1, -0.05) is 19.3 Å². The van der Waals surface area contributed by atoms with Crippen LogP contribution in [0, 0.1) is 0 Å². The Morgan fingerprint density at radius 3 is 2.33 bits per heavy atom. The topological polar surface area (TPSA) is 47.6 Å². The van der Waals surface area contributed by atoms with E-state index in [4.69, 9.17) is 9.05 Å². The number of hydrogen-bond donors (Lipinski definition) is 1. The molecule has 0 radical (unpaired) electrons. The van der Waals surface area contributed by atoms with Crippen LogP contribution in [-0.2, 0) is 13.6 Å². The standard InChI is InChI=1S/C10H20NO3P/c1-13-15(12,14-2)9-8-11-10-6-4-3-5-7-10/h8-11H,3-7H2,1-2H3. The zero-order chi connectivity index (χ0) is 11.1. The predicted molar refractivity (Wildman–Crippen MR) is 60.8 cm³/mol. The van der Waals surface area contributed by atoms with Crippen molar-refractivity contribution in [2.24, 2.45) is 0 Å². The van der Waals surface area contributed by atoms with E-state index in [1.165, 1.54) is 52.1 Å². The van der Waals surface area contributed by atoms with Gasteiger partial charge in [-0.15, -0.1) is 0 Å². The molecule has 0 aromatic heterocycles. The van der Waals surface area contributed by atoms with Gasteiger partial charge in [0.15, 0.2) is 0 Å². The van der Waals surface area contributed by atoms with Crippen molar-refractivity contribution in [3.8, 4) is 0 Å². The first-order valence-electron chi connectivity index (χ1n) is 5.35. The van der Waals surface area contributed by atoms with Crippen LogP contribution < -0.4 is 5.32 Å². The summed E-state index contributed by atoms with van der Waals surface area (Å²) in [6, 6.07) is 0.511. The van der Waals surface area contributed by atoms with Crippen LogP contribution in [0.15, 0.2) is 12.0 Å². The van der Waals surface area contributed by atoms with Crippen LogP contribution in [0.25, 0.3) is 0 Å². The van der Waals surface area contributed by atoms with Crippen molar-refractivity contribution in [3.63, 3.8) is 0 Å². The summed E-state index contributed by atoms with van der Waals surface area (Å²) in [5, 5.41) is 3.23. The first-order chi connectivity index (χ1) is 7.20. The molecular weight excluding hydrogens is 213 g/mol. The van der Waals surface area contributed by atoms with E-state index in [0.29, 0.717) is 6.04 Å². The summed E-state index contributed by atoms with van der Waals surface area (Å²) >= 11 is 0. The Balaban J connectivity index is 2.34. The largest absolute Gasteiger partial charge is 0.388 e. The zero-order valence-corrected chi connectivity index (χ0v) is 10.3. The van der Waals surface area contributed by atoms with Crippen molar-refractivity contribution >= 4 is 7.60 Å². The van der Waals surface area contributed by atoms with Gasteiger partial charge in [0.05, 0.1) is 0 Å². The Labute approximate surface area is 91.6 Å². The molecule has 0 aromatic carbocycles. The quantitative estimate of drug-likeness (QED) is 0.742. The van der Waals surface area contributed by atoms with E-state index in [-0.39, 0.29) is 0 Å². The van der Waals surface area contributed by atoms with Gasteiger partial charge in [-0.05, 0) is 12.8 Å². The second-order valence-electron chi connectivity index (χ2n) is 3.72. The monoisotopic (exact) mass is 233 g/mol. The smallest absolute Gasteiger partial charge is 0.355 e. The highest BCUT2D eigenvalue weighted by molar-refractivity contribution is 7.57. The second-order valence-corrected chi connectivity index (χ2v) is 5.83. The Kier molecular flexibility index (Phi) is 5.37. The molecule has 0 unspecified atom stereocenters. The zero-order valence-electron chi connectivity index (χ0n) is 9.44. The van der Waals surface area contributed by atoms with Crippen LogP contribution in [0.3, 0.4) is 0 Å². The van der Waals surface area contributed by atoms with Crippen LogP contribution in [0.4, 0.5) is 0 Å². The van der Waals surface area contributed by atoms with Crippen molar-refractivity contribution in [3.05, 3.63) is 12.0 Å². The first-order valence-corrected chi connectivity index (χ1v) is 6.96. The summed E-state index contributed by atoms with van der Waals surface area (Å²) in [7, 11) is -0.224. The summed E-state index contributed by atoms with van der Waals surface area (Å²) in [4.78, 5) is 0. The Hall–Kier alpha value is -0.310. The number of hydrogen-bond acceptors (Lipinski definition) is 4. The fourth-order valence-corrected chi connectivity index (χ4v) is 2.40. The van der Waals surface area contributed by atoms with Gasteiger partial charge in [-0.25, -0.2) is 0 Å². The lowest BCUT2D eigenvalue weighted by Gasteiger charge is -2.21. The van der Waals surface area contributed by atoms with Gasteiger partial charge in [0.2, 0.25) is 0 Å². The van der Waals surface area contributed by atoms with Gasteiger partial charge in [-0.3, -0.25) is 4.57 Å². The SMILES string of the molecule is COP(=O)(C=CNC1CCCCC1)OC. The van der Waals surface area contributed by atoms with E-state index in [1.807, 2.05) is 0 Å². The molecule has 1 fully saturated rings. The van der Waals surface area contributed by atoms with E-state index in [1.54, 1.807) is 6.20 Å². The average molecular weight is 233 g/mol. The molecule has 88 valence electrons. The van der Waals surface area contributed by atoms with Crippen LogP contribution in [0.5, 0.6) is 0 Å². The van der Waals surface area contributed by atoms with Gasteiger partial charge >= 0.3 is 7.60 Å². The molecule has 5 heteroatoms. The minimum atomic E-state index is -2.99. The molecule has 0 bridgehead atoms. The molecule has 1 aliphatic carbocycles. The lowest BCUT2D eigenvalue weighted by molar-refractivity contribution is 0.286. The fraction of sp³-hybridized carbons (Fsp3) is 0.800. The molecule has 4 nitrogen and oxygen atoms in total. The lowest BCUT2D eigenvalue weighted by atomic mass is 9.96. The minimum absolute atomic E-state index is 0.511. The highest BCUT2D eigenvalue weighted by atomic mass is 31.2. The van der Waals surface area contributed by atoms with Crippen LogP contribution in [-0.4, -0.2) is 20.3 Å². The van der Waals surface area contributed by atoms with Crippen molar-refractivity contribution in [2.45, 2.75) is 38.1 Å². The van der Waals surface area contributed by atoms with E-state index in [9.17, 15) is 4.57 Å². The molecule has 0 amide bonds. The molecule has 0 atom stereocenters. The summed E-state index contributed by atoms with van der Waals surface area (Å²) < 4.78 is 21.2. The molecule has 1 aliphatic rings. The van der Waals surface area contributed by atoms with E-state index < -0.39 is 7.60 Å². The highest BCUT2D eigenvalue weighted by Crippen LogP contribution is 2.47. The Morgan fingerprint density at radius 1 is 1.20 bits per heavy atom. The molecule has 0 spiro atoms. The predicted octanol–water partition coefficient (Wildman–Crippen LogP) is 2.87. The summed E-state index contributed by atoms with van der Waals surface area (Å²) in [5.74, 6) is 1.47. The summed E-state index contributed by atoms with van der Waals surface area (Å²) in [6.07, 6.45) is 7.96. The lowest BCUT2D eigenvalue weighted by Crippen LogP contribution is -2.26. The number of nitrogens with one attached hydrogen (secondary N) is 1. The van der Waals surface area contributed by atoms with Crippen LogP contribution >= 0.6 is 7.60 Å². The van der Waals surface area contributed by atoms with Crippen LogP contribution in [0.2, 0.25) is 0 Å². The van der Waals surface area contributed by atoms with E-state index in [2.05, 4.69) is 5.32 Å². The van der Waals surface area contributed by atoms with E-state index >= 15 is 0 Å². The molecule has 0 aromatic rings. The van der Waals surface area contributed by atoms with Gasteiger partial charge in [0.25, 0.3) is 0 Å². The molecule has 1 N–H and O–H groups in total. The van der Waals surface area contributed by atoms with Crippen molar-refractivity contribution in [1.82, 2.24) is 5.32 Å². The second kappa shape index (κ2) is 6.31. The van der Waals surface area contributed by atoms with Crippen molar-refractivity contribution in [1.29, 1.82) is 0 Å². The van der Waals surface area contributed by atoms with Gasteiger partial charge < -0.3 is 14.4 Å². The summed E-state index contributed by atoms with van der Waals surface area (Å²) in [5.41, 5.74) is 0. The maximum atomic E-state index is 11.6. The fourth-order valence-electron chi connectivity index (χ4n) is 1.74. The minimum Gasteiger partial charge on any atom is -0.388 e. The van der Waals surface area contributed by atoms with Gasteiger partial charge in [-0.2, -0.15) is 0 Å².